The molecule has 0 spiro atoms. The van der Waals surface area contributed by atoms with E-state index in [2.05, 4.69) is 14.9 Å². The van der Waals surface area contributed by atoms with Crippen molar-refractivity contribution < 1.29 is 17.7 Å². The average Bonchev–Trinajstić information content (AvgIpc) is 3.44. The van der Waals surface area contributed by atoms with Gasteiger partial charge < -0.3 is 14.7 Å². The number of carbonyl (C=O) groups is 1. The van der Waals surface area contributed by atoms with Gasteiger partial charge >= 0.3 is 0 Å². The number of hydrogen-bond acceptors (Lipinski definition) is 6. The molecule has 2 fully saturated rings. The molecule has 1 N–H and O–H groups in total. The van der Waals surface area contributed by atoms with Crippen LogP contribution in [0.25, 0.3) is 0 Å². The maximum absolute atomic E-state index is 12.8. The van der Waals surface area contributed by atoms with E-state index < -0.39 is 10.0 Å². The number of piperidine rings is 1. The summed E-state index contributed by atoms with van der Waals surface area (Å²) in [6.45, 7) is 1.01. The fourth-order valence-corrected chi connectivity index (χ4v) is 5.01. The lowest BCUT2D eigenvalue weighted by Gasteiger charge is -2.34. The van der Waals surface area contributed by atoms with Crippen LogP contribution in [0.15, 0.2) is 44.1 Å². The van der Waals surface area contributed by atoms with Gasteiger partial charge in [-0.3, -0.25) is 4.79 Å². The van der Waals surface area contributed by atoms with Crippen molar-refractivity contribution in [1.82, 2.24) is 10.1 Å². The van der Waals surface area contributed by atoms with Gasteiger partial charge in [-0.25, -0.2) is 0 Å². The number of likely N-dealkylation sites (tertiary alicyclic amines) is 1. The van der Waals surface area contributed by atoms with E-state index in [9.17, 15) is 13.2 Å². The van der Waals surface area contributed by atoms with E-state index in [1.165, 1.54) is 6.07 Å². The van der Waals surface area contributed by atoms with Crippen molar-refractivity contribution in [3.63, 3.8) is 0 Å². The molecular formula is C19H20N4O4S. The van der Waals surface area contributed by atoms with Gasteiger partial charge in [-0.05, 0) is 37.8 Å². The number of amidine groups is 1. The van der Waals surface area contributed by atoms with E-state index in [4.69, 9.17) is 4.52 Å². The van der Waals surface area contributed by atoms with Crippen molar-refractivity contribution in [1.29, 1.82) is 0 Å². The van der Waals surface area contributed by atoms with Crippen molar-refractivity contribution >= 4 is 27.5 Å². The van der Waals surface area contributed by atoms with E-state index in [0.29, 0.717) is 36.2 Å². The molecular weight excluding hydrogens is 380 g/mol. The molecule has 1 aromatic heterocycles. The van der Waals surface area contributed by atoms with Crippen molar-refractivity contribution in [3.8, 4) is 0 Å². The Bertz CT molecular complexity index is 1070. The van der Waals surface area contributed by atoms with Crippen LogP contribution in [0, 0.1) is 5.92 Å². The van der Waals surface area contributed by atoms with Gasteiger partial charge in [0.25, 0.3) is 15.9 Å². The molecule has 3 aliphatic rings. The van der Waals surface area contributed by atoms with Gasteiger partial charge in [0.05, 0.1) is 5.69 Å². The average molecular weight is 400 g/mol. The molecule has 1 unspecified atom stereocenters. The third-order valence-electron chi connectivity index (χ3n) is 5.47. The lowest BCUT2D eigenvalue weighted by molar-refractivity contribution is 0.0692. The quantitative estimate of drug-likeness (QED) is 0.849. The smallest absolute Gasteiger partial charge is 0.286 e. The van der Waals surface area contributed by atoms with Crippen LogP contribution in [0.5, 0.6) is 0 Å². The van der Waals surface area contributed by atoms with E-state index >= 15 is 0 Å². The van der Waals surface area contributed by atoms with Gasteiger partial charge in [-0.15, -0.1) is 4.40 Å². The fourth-order valence-electron chi connectivity index (χ4n) is 3.81. The van der Waals surface area contributed by atoms with Crippen LogP contribution in [0.4, 0.5) is 5.69 Å². The highest BCUT2D eigenvalue weighted by Crippen LogP contribution is 2.40. The van der Waals surface area contributed by atoms with Crippen LogP contribution in [-0.4, -0.2) is 43.3 Å². The first-order valence-electron chi connectivity index (χ1n) is 9.48. The van der Waals surface area contributed by atoms with Gasteiger partial charge in [-0.2, -0.15) is 8.42 Å². The second-order valence-corrected chi connectivity index (χ2v) is 9.12. The number of rotatable bonds is 3. The Morgan fingerprint density at radius 1 is 1.18 bits per heavy atom. The predicted molar refractivity (Wildman–Crippen MR) is 102 cm³/mol. The summed E-state index contributed by atoms with van der Waals surface area (Å²) in [4.78, 5) is 14.7. The number of benzene rings is 1. The number of anilines is 1. The minimum atomic E-state index is -3.74. The highest BCUT2D eigenvalue weighted by Gasteiger charge is 2.34. The van der Waals surface area contributed by atoms with Crippen LogP contribution in [0.1, 0.15) is 47.8 Å². The van der Waals surface area contributed by atoms with Crippen LogP contribution in [0.3, 0.4) is 0 Å². The van der Waals surface area contributed by atoms with Crippen molar-refractivity contribution in [2.75, 3.05) is 18.4 Å². The predicted octanol–water partition coefficient (Wildman–Crippen LogP) is 2.62. The first-order valence-corrected chi connectivity index (χ1v) is 10.9. The zero-order chi connectivity index (χ0) is 19.3. The van der Waals surface area contributed by atoms with Gasteiger partial charge in [0.15, 0.2) is 5.69 Å². The molecule has 3 heterocycles. The number of aromatic nitrogens is 1. The summed E-state index contributed by atoms with van der Waals surface area (Å²) in [5, 5.41) is 7.08. The monoisotopic (exact) mass is 400 g/mol. The molecule has 1 aliphatic carbocycles. The molecule has 1 atom stereocenters. The molecule has 0 bridgehead atoms. The Morgan fingerprint density at radius 3 is 2.82 bits per heavy atom. The van der Waals surface area contributed by atoms with Crippen molar-refractivity contribution in [2.24, 2.45) is 10.3 Å². The van der Waals surface area contributed by atoms with Gasteiger partial charge in [0.1, 0.15) is 16.5 Å². The summed E-state index contributed by atoms with van der Waals surface area (Å²) >= 11 is 0. The summed E-state index contributed by atoms with van der Waals surface area (Å²) < 4.78 is 34.3. The largest absolute Gasteiger partial charge is 0.360 e. The van der Waals surface area contributed by atoms with Gasteiger partial charge in [0, 0.05) is 31.0 Å². The minimum absolute atomic E-state index is 0.171. The molecule has 9 heteroatoms. The number of nitrogens with one attached hydrogen (secondary N) is 1. The van der Waals surface area contributed by atoms with Crippen LogP contribution >= 0.6 is 0 Å². The zero-order valence-corrected chi connectivity index (χ0v) is 16.0. The normalized spacial score (nSPS) is 23.5. The van der Waals surface area contributed by atoms with Crippen molar-refractivity contribution in [2.45, 2.75) is 36.5 Å². The Hall–Kier alpha value is -2.68. The second kappa shape index (κ2) is 6.44. The fraction of sp³-hybridized carbons (Fsp3) is 0.421. The number of para-hydroxylation sites is 1. The number of hydrogen-bond donors (Lipinski definition) is 1. The Labute approximate surface area is 162 Å². The maximum Gasteiger partial charge on any atom is 0.286 e. The molecule has 2 aromatic rings. The summed E-state index contributed by atoms with van der Waals surface area (Å²) in [7, 11) is -3.74. The first-order chi connectivity index (χ1) is 13.5. The van der Waals surface area contributed by atoms with E-state index in [0.717, 1.165) is 31.4 Å². The number of amides is 1. The van der Waals surface area contributed by atoms with Crippen LogP contribution < -0.4 is 5.32 Å². The minimum Gasteiger partial charge on any atom is -0.360 e. The number of fused-ring (bicyclic) bond motifs is 1. The molecule has 1 saturated carbocycles. The number of carbonyl (C=O) groups excluding carboxylic acids is 1. The lowest BCUT2D eigenvalue weighted by Crippen LogP contribution is -2.44. The number of sulfonamides is 1. The molecule has 1 aromatic carbocycles. The molecule has 2 aliphatic heterocycles. The van der Waals surface area contributed by atoms with Gasteiger partial charge in [0.2, 0.25) is 0 Å². The zero-order valence-electron chi connectivity index (χ0n) is 15.2. The van der Waals surface area contributed by atoms with Crippen LogP contribution in [0.2, 0.25) is 0 Å². The third kappa shape index (κ3) is 3.09. The standard InChI is InChI=1S/C19H20N4O4S/c24-19(15-10-16(27-21-15)12-7-8-12)23-9-3-4-13(11-23)18-20-14-5-1-2-6-17(14)28(25,26)22-18/h1-2,5-6,10,12-13H,3-4,7-9,11H2,(H,20,22). The van der Waals surface area contributed by atoms with Crippen LogP contribution in [-0.2, 0) is 10.0 Å². The van der Waals surface area contributed by atoms with Gasteiger partial charge in [-0.1, -0.05) is 17.3 Å². The summed E-state index contributed by atoms with van der Waals surface area (Å²) in [6.07, 6.45) is 3.69. The molecule has 1 amide bonds. The Balaban J connectivity index is 1.35. The highest BCUT2D eigenvalue weighted by atomic mass is 32.2. The van der Waals surface area contributed by atoms with E-state index in [1.54, 1.807) is 29.2 Å². The van der Waals surface area contributed by atoms with Crippen molar-refractivity contribution in [3.05, 3.63) is 41.8 Å². The SMILES string of the molecule is O=C(c1cc(C2CC2)on1)N1CCCC(C2=NS(=O)(=O)c3ccccc3N2)C1. The summed E-state index contributed by atoms with van der Waals surface area (Å²) in [5.74, 6) is 1.22. The van der Waals surface area contributed by atoms with E-state index in [1.807, 2.05) is 0 Å². The number of nitrogens with zero attached hydrogens (tertiary/aromatic N) is 3. The Kier molecular flexibility index (Phi) is 4.01. The first kappa shape index (κ1) is 17.4. The summed E-state index contributed by atoms with van der Waals surface area (Å²) in [5.41, 5.74) is 0.848. The maximum atomic E-state index is 12.8. The summed E-state index contributed by atoms with van der Waals surface area (Å²) in [6, 6.07) is 8.45. The molecule has 146 valence electrons. The molecule has 1 saturated heterocycles. The highest BCUT2D eigenvalue weighted by molar-refractivity contribution is 7.90. The topological polar surface area (TPSA) is 105 Å². The third-order valence-corrected chi connectivity index (χ3v) is 6.82. The Morgan fingerprint density at radius 2 is 2.00 bits per heavy atom. The second-order valence-electron chi connectivity index (χ2n) is 7.55. The van der Waals surface area contributed by atoms with E-state index in [-0.39, 0.29) is 16.7 Å². The molecule has 5 rings (SSSR count). The molecule has 28 heavy (non-hydrogen) atoms. The molecule has 0 radical (unpaired) electrons. The molecule has 8 nitrogen and oxygen atoms in total. The lowest BCUT2D eigenvalue weighted by atomic mass is 9.96.